The third kappa shape index (κ3) is 4.17. The third-order valence-electron chi connectivity index (χ3n) is 4.46. The standard InChI is InChI=1S/C21H22N6OS/c1-13-5-10-16-17(11-13)29-19(23-16)14-6-8-15(9-7-14)22-18(28)12-27-20(21(2,3)4)24-25-26-27/h5-11H,12H2,1-4H3,(H,22,28). The first-order valence-electron chi connectivity index (χ1n) is 9.34. The summed E-state index contributed by atoms with van der Waals surface area (Å²) in [5, 5.41) is 15.5. The molecule has 7 nitrogen and oxygen atoms in total. The van der Waals surface area contributed by atoms with Gasteiger partial charge in [0.25, 0.3) is 0 Å². The maximum absolute atomic E-state index is 12.4. The minimum absolute atomic E-state index is 0.0680. The number of carbonyl (C=O) groups excluding carboxylic acids is 1. The Bertz CT molecular complexity index is 1170. The van der Waals surface area contributed by atoms with Gasteiger partial charge in [0.05, 0.1) is 10.2 Å². The van der Waals surface area contributed by atoms with Crippen LogP contribution in [0.4, 0.5) is 5.69 Å². The van der Waals surface area contributed by atoms with E-state index >= 15 is 0 Å². The molecule has 0 fully saturated rings. The summed E-state index contributed by atoms with van der Waals surface area (Å²) in [5.74, 6) is 0.500. The Hall–Kier alpha value is -3.13. The molecule has 0 unspecified atom stereocenters. The average Bonchev–Trinajstić information content (AvgIpc) is 3.28. The van der Waals surface area contributed by atoms with E-state index in [0.29, 0.717) is 5.82 Å². The van der Waals surface area contributed by atoms with Crippen molar-refractivity contribution in [3.63, 3.8) is 0 Å². The Balaban J connectivity index is 1.46. The SMILES string of the molecule is Cc1ccc2nc(-c3ccc(NC(=O)Cn4nnnc4C(C)(C)C)cc3)sc2c1. The van der Waals surface area contributed by atoms with Gasteiger partial charge < -0.3 is 5.32 Å². The van der Waals surface area contributed by atoms with Crippen LogP contribution in [0.25, 0.3) is 20.8 Å². The molecular formula is C21H22N6OS. The fourth-order valence-corrected chi connectivity index (χ4v) is 4.11. The molecular weight excluding hydrogens is 384 g/mol. The number of aromatic nitrogens is 5. The zero-order chi connectivity index (χ0) is 20.6. The van der Waals surface area contributed by atoms with E-state index in [-0.39, 0.29) is 17.9 Å². The number of nitrogens with one attached hydrogen (secondary N) is 1. The maximum Gasteiger partial charge on any atom is 0.246 e. The van der Waals surface area contributed by atoms with Crippen molar-refractivity contribution in [3.05, 3.63) is 53.9 Å². The first-order chi connectivity index (χ1) is 13.8. The van der Waals surface area contributed by atoms with Crippen molar-refractivity contribution in [1.29, 1.82) is 0 Å². The van der Waals surface area contributed by atoms with Crippen LogP contribution in [-0.2, 0) is 16.8 Å². The van der Waals surface area contributed by atoms with Crippen molar-refractivity contribution >= 4 is 33.1 Å². The summed E-state index contributed by atoms with van der Waals surface area (Å²) in [5.41, 5.74) is 3.74. The second-order valence-corrected chi connectivity index (χ2v) is 9.06. The van der Waals surface area contributed by atoms with Crippen LogP contribution in [0.5, 0.6) is 0 Å². The Labute approximate surface area is 172 Å². The van der Waals surface area contributed by atoms with Crippen LogP contribution in [0, 0.1) is 6.92 Å². The van der Waals surface area contributed by atoms with Crippen molar-refractivity contribution in [2.24, 2.45) is 0 Å². The smallest absolute Gasteiger partial charge is 0.246 e. The fourth-order valence-electron chi connectivity index (χ4n) is 3.04. The Morgan fingerprint density at radius 3 is 2.62 bits per heavy atom. The van der Waals surface area contributed by atoms with Gasteiger partial charge in [0, 0.05) is 16.7 Å². The molecule has 0 spiro atoms. The lowest BCUT2D eigenvalue weighted by molar-refractivity contribution is -0.117. The number of hydrogen-bond acceptors (Lipinski definition) is 6. The summed E-state index contributed by atoms with van der Waals surface area (Å²) in [6, 6.07) is 14.0. The number of nitrogens with zero attached hydrogens (tertiary/aromatic N) is 5. The summed E-state index contributed by atoms with van der Waals surface area (Å²) in [6.45, 7) is 8.17. The van der Waals surface area contributed by atoms with Crippen LogP contribution in [-0.4, -0.2) is 31.1 Å². The molecule has 2 heterocycles. The minimum atomic E-state index is -0.235. The Morgan fingerprint density at radius 1 is 1.14 bits per heavy atom. The van der Waals surface area contributed by atoms with E-state index in [1.807, 2.05) is 51.1 Å². The predicted molar refractivity (Wildman–Crippen MR) is 115 cm³/mol. The molecule has 0 aliphatic carbocycles. The first-order valence-corrected chi connectivity index (χ1v) is 10.2. The average molecular weight is 407 g/mol. The zero-order valence-electron chi connectivity index (χ0n) is 16.8. The number of hydrogen-bond donors (Lipinski definition) is 1. The lowest BCUT2D eigenvalue weighted by Gasteiger charge is -2.16. The van der Waals surface area contributed by atoms with Crippen molar-refractivity contribution in [2.45, 2.75) is 39.7 Å². The summed E-state index contributed by atoms with van der Waals surface area (Å²) < 4.78 is 2.71. The van der Waals surface area contributed by atoms with Crippen LogP contribution >= 0.6 is 11.3 Å². The molecule has 29 heavy (non-hydrogen) atoms. The lowest BCUT2D eigenvalue weighted by Crippen LogP contribution is -2.25. The van der Waals surface area contributed by atoms with Gasteiger partial charge >= 0.3 is 0 Å². The van der Waals surface area contributed by atoms with Gasteiger partial charge in [-0.15, -0.1) is 16.4 Å². The number of fused-ring (bicyclic) bond motifs is 1. The second kappa shape index (κ2) is 7.36. The number of carbonyl (C=O) groups is 1. The lowest BCUT2D eigenvalue weighted by atomic mass is 9.96. The molecule has 2 aromatic heterocycles. The number of thiazole rings is 1. The Kier molecular flexibility index (Phi) is 4.87. The molecule has 0 bridgehead atoms. The highest BCUT2D eigenvalue weighted by Crippen LogP contribution is 2.31. The van der Waals surface area contributed by atoms with Gasteiger partial charge in [0.15, 0.2) is 5.82 Å². The highest BCUT2D eigenvalue weighted by Gasteiger charge is 2.23. The topological polar surface area (TPSA) is 85.6 Å². The van der Waals surface area contributed by atoms with Crippen molar-refractivity contribution < 1.29 is 4.79 Å². The van der Waals surface area contributed by atoms with Gasteiger partial charge in [0.2, 0.25) is 5.91 Å². The highest BCUT2D eigenvalue weighted by molar-refractivity contribution is 7.21. The summed E-state index contributed by atoms with van der Waals surface area (Å²) in [6.07, 6.45) is 0. The molecule has 2 aromatic carbocycles. The zero-order valence-corrected chi connectivity index (χ0v) is 17.6. The molecule has 4 aromatic rings. The molecule has 148 valence electrons. The number of anilines is 1. The van der Waals surface area contributed by atoms with Gasteiger partial charge in [-0.3, -0.25) is 4.79 Å². The second-order valence-electron chi connectivity index (χ2n) is 8.03. The van der Waals surface area contributed by atoms with E-state index in [9.17, 15) is 4.79 Å². The summed E-state index contributed by atoms with van der Waals surface area (Å²) in [7, 11) is 0. The van der Waals surface area contributed by atoms with E-state index in [4.69, 9.17) is 4.98 Å². The monoisotopic (exact) mass is 406 g/mol. The third-order valence-corrected chi connectivity index (χ3v) is 5.52. The van der Waals surface area contributed by atoms with Gasteiger partial charge in [-0.1, -0.05) is 26.8 Å². The van der Waals surface area contributed by atoms with E-state index in [2.05, 4.69) is 39.9 Å². The summed E-state index contributed by atoms with van der Waals surface area (Å²) in [4.78, 5) is 17.1. The number of amides is 1. The molecule has 4 rings (SSSR count). The van der Waals surface area contributed by atoms with Gasteiger partial charge in [0.1, 0.15) is 11.6 Å². The van der Waals surface area contributed by atoms with Crippen LogP contribution in [0.1, 0.15) is 32.2 Å². The summed E-state index contributed by atoms with van der Waals surface area (Å²) >= 11 is 1.67. The number of tetrazole rings is 1. The van der Waals surface area contributed by atoms with Crippen molar-refractivity contribution in [3.8, 4) is 10.6 Å². The van der Waals surface area contributed by atoms with Crippen molar-refractivity contribution in [2.75, 3.05) is 5.32 Å². The maximum atomic E-state index is 12.4. The van der Waals surface area contributed by atoms with Gasteiger partial charge in [-0.25, -0.2) is 9.67 Å². The number of rotatable bonds is 4. The first kappa shape index (κ1) is 19.2. The molecule has 0 saturated heterocycles. The molecule has 0 radical (unpaired) electrons. The van der Waals surface area contributed by atoms with E-state index < -0.39 is 0 Å². The molecule has 0 aliphatic heterocycles. The molecule has 0 saturated carbocycles. The molecule has 8 heteroatoms. The number of benzene rings is 2. The van der Waals surface area contributed by atoms with E-state index in [1.165, 1.54) is 14.9 Å². The van der Waals surface area contributed by atoms with Crippen LogP contribution in [0.2, 0.25) is 0 Å². The molecule has 0 atom stereocenters. The minimum Gasteiger partial charge on any atom is -0.324 e. The normalized spacial score (nSPS) is 11.7. The van der Waals surface area contributed by atoms with Gasteiger partial charge in [-0.2, -0.15) is 0 Å². The predicted octanol–water partition coefficient (Wildman–Crippen LogP) is 4.19. The van der Waals surface area contributed by atoms with E-state index in [0.717, 1.165) is 21.8 Å². The van der Waals surface area contributed by atoms with E-state index in [1.54, 1.807) is 11.3 Å². The quantitative estimate of drug-likeness (QED) is 0.549. The molecule has 1 N–H and O–H groups in total. The van der Waals surface area contributed by atoms with Crippen LogP contribution in [0.3, 0.4) is 0 Å². The molecule has 0 aliphatic rings. The van der Waals surface area contributed by atoms with Gasteiger partial charge in [-0.05, 0) is 59.3 Å². The largest absolute Gasteiger partial charge is 0.324 e. The fraction of sp³-hybridized carbons (Fsp3) is 0.286. The highest BCUT2D eigenvalue weighted by atomic mass is 32.1. The van der Waals surface area contributed by atoms with Crippen LogP contribution in [0.15, 0.2) is 42.5 Å². The number of aryl methyl sites for hydroxylation is 1. The van der Waals surface area contributed by atoms with Crippen molar-refractivity contribution in [1.82, 2.24) is 25.2 Å². The molecule has 1 amide bonds. The Morgan fingerprint density at radius 2 is 1.90 bits per heavy atom. The van der Waals surface area contributed by atoms with Crippen LogP contribution < -0.4 is 5.32 Å².